The van der Waals surface area contributed by atoms with E-state index in [1.54, 1.807) is 0 Å². The number of esters is 1. The van der Waals surface area contributed by atoms with E-state index in [1.807, 2.05) is 32.9 Å². The van der Waals surface area contributed by atoms with E-state index in [0.717, 1.165) is 33.9 Å². The van der Waals surface area contributed by atoms with E-state index >= 15 is 0 Å². The molecule has 0 radical (unpaired) electrons. The van der Waals surface area contributed by atoms with Gasteiger partial charge in [-0.1, -0.05) is 49.9 Å². The average Bonchev–Trinajstić information content (AvgIpc) is 2.97. The number of hydrogen-bond donors (Lipinski definition) is 0. The average molecular weight is 548 g/mol. The molecule has 41 heavy (non-hydrogen) atoms. The van der Waals surface area contributed by atoms with Gasteiger partial charge in [-0.15, -0.1) is 0 Å². The Balaban J connectivity index is 1.54. The zero-order chi connectivity index (χ0) is 29.7. The molecule has 4 heteroatoms. The monoisotopic (exact) mass is 547 g/mol. The summed E-state index contributed by atoms with van der Waals surface area (Å²) < 4.78 is 11.5. The Hall–Kier alpha value is -4.31. The van der Waals surface area contributed by atoms with Crippen molar-refractivity contribution in [2.45, 2.75) is 60.7 Å². The number of hydrogen-bond acceptors (Lipinski definition) is 4. The van der Waals surface area contributed by atoms with E-state index in [9.17, 15) is 4.79 Å². The van der Waals surface area contributed by atoms with Crippen molar-refractivity contribution in [3.05, 3.63) is 120 Å². The highest BCUT2D eigenvalue weighted by Gasteiger charge is 2.23. The molecule has 4 aromatic rings. The fourth-order valence-electron chi connectivity index (χ4n) is 4.75. The van der Waals surface area contributed by atoms with Crippen molar-refractivity contribution in [1.29, 1.82) is 0 Å². The molecule has 0 N–H and O–H groups in total. The predicted molar refractivity (Wildman–Crippen MR) is 171 cm³/mol. The molecule has 0 amide bonds. The molecule has 0 heterocycles. The van der Waals surface area contributed by atoms with E-state index in [0.29, 0.717) is 0 Å². The molecule has 4 rings (SSSR count). The SMILES string of the molecule is C=CC(=O)OC(C)C(C)C(C)Oc1ccc(-c2ccc(N(c3ccc(C)c(C)c3)c3ccc(C)c(C)c3)cc2)cc1. The lowest BCUT2D eigenvalue weighted by atomic mass is 10.00. The van der Waals surface area contributed by atoms with Crippen LogP contribution in [0.4, 0.5) is 17.1 Å². The van der Waals surface area contributed by atoms with Gasteiger partial charge in [-0.2, -0.15) is 0 Å². The third-order valence-electron chi connectivity index (χ3n) is 8.08. The lowest BCUT2D eigenvalue weighted by Crippen LogP contribution is -2.32. The molecule has 3 atom stereocenters. The third-order valence-corrected chi connectivity index (χ3v) is 8.08. The highest BCUT2D eigenvalue weighted by molar-refractivity contribution is 5.81. The van der Waals surface area contributed by atoms with E-state index in [2.05, 4.69) is 112 Å². The van der Waals surface area contributed by atoms with Crippen LogP contribution >= 0.6 is 0 Å². The smallest absolute Gasteiger partial charge is 0.330 e. The number of ether oxygens (including phenoxy) is 2. The number of nitrogens with zero attached hydrogens (tertiary/aromatic N) is 1. The standard InChI is InChI=1S/C37H41NO3/c1-9-37(39)41-30(8)28(6)29(7)40-36-20-14-32(15-21-36)31-12-18-33(19-13-31)38(34-16-10-24(2)26(4)22-34)35-17-11-25(3)27(5)23-35/h9-23,28-30H,1H2,2-8H3. The van der Waals surface area contributed by atoms with Crippen LogP contribution in [0.5, 0.6) is 5.75 Å². The minimum absolute atomic E-state index is 0.0173. The maximum absolute atomic E-state index is 11.5. The fraction of sp³-hybridized carbons (Fsp3) is 0.270. The number of carbonyl (C=O) groups excluding carboxylic acids is 1. The molecule has 0 spiro atoms. The Labute approximate surface area is 245 Å². The molecular formula is C37H41NO3. The summed E-state index contributed by atoms with van der Waals surface area (Å²) in [5.74, 6) is 0.379. The largest absolute Gasteiger partial charge is 0.490 e. The van der Waals surface area contributed by atoms with Crippen molar-refractivity contribution < 1.29 is 14.3 Å². The number of anilines is 3. The van der Waals surface area contributed by atoms with Crippen LogP contribution < -0.4 is 9.64 Å². The van der Waals surface area contributed by atoms with Gasteiger partial charge in [0.25, 0.3) is 0 Å². The van der Waals surface area contributed by atoms with Gasteiger partial charge < -0.3 is 14.4 Å². The highest BCUT2D eigenvalue weighted by Crippen LogP contribution is 2.37. The number of rotatable bonds is 10. The molecular weight excluding hydrogens is 506 g/mol. The van der Waals surface area contributed by atoms with Gasteiger partial charge in [0.1, 0.15) is 18.0 Å². The molecule has 0 saturated heterocycles. The molecule has 4 nitrogen and oxygen atoms in total. The van der Waals surface area contributed by atoms with Gasteiger partial charge in [0.05, 0.1) is 0 Å². The summed E-state index contributed by atoms with van der Waals surface area (Å²) in [7, 11) is 0. The fourth-order valence-corrected chi connectivity index (χ4v) is 4.75. The Bertz CT molecular complexity index is 1450. The first-order valence-electron chi connectivity index (χ1n) is 14.2. The summed E-state index contributed by atoms with van der Waals surface area (Å²) in [6.45, 7) is 18.0. The van der Waals surface area contributed by atoms with Crippen molar-refractivity contribution in [3.8, 4) is 16.9 Å². The van der Waals surface area contributed by atoms with Gasteiger partial charge >= 0.3 is 5.97 Å². The van der Waals surface area contributed by atoms with Gasteiger partial charge in [0.15, 0.2) is 0 Å². The molecule has 0 fully saturated rings. The topological polar surface area (TPSA) is 38.8 Å². The first-order chi connectivity index (χ1) is 19.6. The van der Waals surface area contributed by atoms with E-state index in [-0.39, 0.29) is 18.1 Å². The van der Waals surface area contributed by atoms with Crippen LogP contribution in [0, 0.1) is 33.6 Å². The number of benzene rings is 4. The molecule has 4 aromatic carbocycles. The van der Waals surface area contributed by atoms with Gasteiger partial charge in [-0.05, 0) is 123 Å². The van der Waals surface area contributed by atoms with Crippen LogP contribution in [0.1, 0.15) is 43.0 Å². The second kappa shape index (κ2) is 12.9. The zero-order valence-corrected chi connectivity index (χ0v) is 25.3. The van der Waals surface area contributed by atoms with Crippen LogP contribution in [0.25, 0.3) is 11.1 Å². The van der Waals surface area contributed by atoms with Crippen LogP contribution in [0.15, 0.2) is 97.6 Å². The quantitative estimate of drug-likeness (QED) is 0.146. The lowest BCUT2D eigenvalue weighted by molar-refractivity contribution is -0.145. The van der Waals surface area contributed by atoms with Crippen molar-refractivity contribution in [2.75, 3.05) is 4.90 Å². The molecule has 3 unspecified atom stereocenters. The highest BCUT2D eigenvalue weighted by atomic mass is 16.5. The van der Waals surface area contributed by atoms with Crippen molar-refractivity contribution in [1.82, 2.24) is 0 Å². The Morgan fingerprint density at radius 3 is 1.59 bits per heavy atom. The second-order valence-corrected chi connectivity index (χ2v) is 11.0. The van der Waals surface area contributed by atoms with Crippen LogP contribution in [-0.2, 0) is 9.53 Å². The van der Waals surface area contributed by atoms with Crippen LogP contribution in [-0.4, -0.2) is 18.2 Å². The van der Waals surface area contributed by atoms with Gasteiger partial charge in [-0.3, -0.25) is 0 Å². The van der Waals surface area contributed by atoms with Crippen LogP contribution in [0.3, 0.4) is 0 Å². The second-order valence-electron chi connectivity index (χ2n) is 11.0. The minimum atomic E-state index is -0.419. The first-order valence-corrected chi connectivity index (χ1v) is 14.2. The Morgan fingerprint density at radius 1 is 0.659 bits per heavy atom. The molecule has 0 bridgehead atoms. The summed E-state index contributed by atoms with van der Waals surface area (Å²) in [4.78, 5) is 13.9. The zero-order valence-electron chi connectivity index (χ0n) is 25.3. The maximum Gasteiger partial charge on any atom is 0.330 e. The molecule has 0 aromatic heterocycles. The summed E-state index contributed by atoms with van der Waals surface area (Å²) >= 11 is 0. The molecule has 0 aliphatic carbocycles. The summed E-state index contributed by atoms with van der Waals surface area (Å²) in [5.41, 5.74) is 10.7. The normalized spacial score (nSPS) is 13.1. The van der Waals surface area contributed by atoms with Gasteiger partial charge in [0.2, 0.25) is 0 Å². The summed E-state index contributed by atoms with van der Waals surface area (Å²) in [5, 5.41) is 0. The predicted octanol–water partition coefficient (Wildman–Crippen LogP) is 9.58. The number of aryl methyl sites for hydroxylation is 4. The molecule has 0 aliphatic rings. The van der Waals surface area contributed by atoms with Crippen molar-refractivity contribution in [2.24, 2.45) is 5.92 Å². The van der Waals surface area contributed by atoms with E-state index < -0.39 is 5.97 Å². The van der Waals surface area contributed by atoms with E-state index in [1.165, 1.54) is 28.3 Å². The number of carbonyl (C=O) groups is 1. The van der Waals surface area contributed by atoms with E-state index in [4.69, 9.17) is 9.47 Å². The van der Waals surface area contributed by atoms with Gasteiger partial charge in [-0.25, -0.2) is 4.79 Å². The molecule has 212 valence electrons. The Kier molecular flexibility index (Phi) is 9.34. The Morgan fingerprint density at radius 2 is 1.12 bits per heavy atom. The maximum atomic E-state index is 11.5. The van der Waals surface area contributed by atoms with Gasteiger partial charge in [0, 0.05) is 29.1 Å². The summed E-state index contributed by atoms with van der Waals surface area (Å²) in [6, 6.07) is 30.1. The molecule has 0 aliphatic heterocycles. The molecule has 0 saturated carbocycles. The lowest BCUT2D eigenvalue weighted by Gasteiger charge is -2.27. The van der Waals surface area contributed by atoms with Crippen molar-refractivity contribution in [3.63, 3.8) is 0 Å². The first kappa shape index (κ1) is 29.7. The summed E-state index contributed by atoms with van der Waals surface area (Å²) in [6.07, 6.45) is 0.778. The minimum Gasteiger partial charge on any atom is -0.490 e. The van der Waals surface area contributed by atoms with Crippen LogP contribution in [0.2, 0.25) is 0 Å². The third kappa shape index (κ3) is 7.07. The van der Waals surface area contributed by atoms with Crippen molar-refractivity contribution >= 4 is 23.0 Å².